The van der Waals surface area contributed by atoms with Gasteiger partial charge in [0.1, 0.15) is 12.9 Å². The fourth-order valence-corrected chi connectivity index (χ4v) is 4.51. The third-order valence-corrected chi connectivity index (χ3v) is 6.35. The van der Waals surface area contributed by atoms with Crippen LogP contribution in [0.4, 0.5) is 5.69 Å². The molecule has 4 rings (SSSR count). The predicted molar refractivity (Wildman–Crippen MR) is 107 cm³/mol. The lowest BCUT2D eigenvalue weighted by Crippen LogP contribution is -2.38. The second kappa shape index (κ2) is 8.00. The summed E-state index contributed by atoms with van der Waals surface area (Å²) < 4.78 is 1.75. The van der Waals surface area contributed by atoms with Crippen LogP contribution in [0.2, 0.25) is 5.02 Å². The standard InChI is InChI=1S/C19H18ClN5O3S/c1-24-10-21-23-19(24)29-15-7-6-11(20)8-14(15)22-16(26)9-25-17(27)12-4-2-3-5-13(12)18(25)28/h2-3,6-8,10,12-13H,4-5,9H2,1H3,(H,22,26)/t12-,13-/m1/s1. The average Bonchev–Trinajstić information content (AvgIpc) is 3.21. The zero-order chi connectivity index (χ0) is 20.5. The van der Waals surface area contributed by atoms with Gasteiger partial charge in [0.05, 0.1) is 17.5 Å². The molecule has 2 aliphatic rings. The van der Waals surface area contributed by atoms with E-state index < -0.39 is 5.91 Å². The summed E-state index contributed by atoms with van der Waals surface area (Å²) in [5.74, 6) is -1.72. The number of aryl methyl sites for hydroxylation is 1. The molecule has 2 heterocycles. The number of hydrogen-bond acceptors (Lipinski definition) is 6. The molecule has 1 aromatic heterocycles. The van der Waals surface area contributed by atoms with E-state index in [1.807, 2.05) is 19.2 Å². The van der Waals surface area contributed by atoms with Crippen LogP contribution >= 0.6 is 23.4 Å². The minimum Gasteiger partial charge on any atom is -0.323 e. The Morgan fingerprint density at radius 3 is 2.55 bits per heavy atom. The van der Waals surface area contributed by atoms with Crippen LogP contribution in [0, 0.1) is 11.8 Å². The normalized spacial score (nSPS) is 20.8. The maximum Gasteiger partial charge on any atom is 0.244 e. The van der Waals surface area contributed by atoms with Crippen LogP contribution in [0.1, 0.15) is 12.8 Å². The van der Waals surface area contributed by atoms with Crippen molar-refractivity contribution in [2.24, 2.45) is 18.9 Å². The molecule has 8 nitrogen and oxygen atoms in total. The fraction of sp³-hybridized carbons (Fsp3) is 0.316. The number of anilines is 1. The number of hydrogen-bond donors (Lipinski definition) is 1. The number of carbonyl (C=O) groups excluding carboxylic acids is 3. The van der Waals surface area contributed by atoms with E-state index in [9.17, 15) is 14.4 Å². The maximum atomic E-state index is 12.6. The average molecular weight is 432 g/mol. The number of nitrogens with one attached hydrogen (secondary N) is 1. The molecule has 1 aliphatic carbocycles. The van der Waals surface area contributed by atoms with Crippen molar-refractivity contribution >= 4 is 46.8 Å². The summed E-state index contributed by atoms with van der Waals surface area (Å²) in [5, 5.41) is 11.7. The van der Waals surface area contributed by atoms with Gasteiger partial charge in [0.2, 0.25) is 17.7 Å². The minimum absolute atomic E-state index is 0.278. The minimum atomic E-state index is -0.458. The van der Waals surface area contributed by atoms with Gasteiger partial charge in [-0.2, -0.15) is 0 Å². The van der Waals surface area contributed by atoms with E-state index in [2.05, 4.69) is 15.5 Å². The number of rotatable bonds is 5. The molecule has 0 unspecified atom stereocenters. The SMILES string of the molecule is Cn1cnnc1Sc1ccc(Cl)cc1NC(=O)CN1C(=O)[C@@H]2CC=CC[C@H]2C1=O. The largest absolute Gasteiger partial charge is 0.323 e. The number of halogens is 1. The van der Waals surface area contributed by atoms with Crippen LogP contribution in [-0.2, 0) is 21.4 Å². The smallest absolute Gasteiger partial charge is 0.244 e. The number of aromatic nitrogens is 3. The van der Waals surface area contributed by atoms with Gasteiger partial charge in [-0.1, -0.05) is 23.8 Å². The van der Waals surface area contributed by atoms with E-state index in [-0.39, 0.29) is 30.2 Å². The number of benzene rings is 1. The molecule has 2 atom stereocenters. The Morgan fingerprint density at radius 2 is 1.93 bits per heavy atom. The summed E-state index contributed by atoms with van der Waals surface area (Å²) in [6.45, 7) is -0.314. The van der Waals surface area contributed by atoms with Crippen LogP contribution in [0.3, 0.4) is 0 Å². The van der Waals surface area contributed by atoms with Crippen molar-refractivity contribution in [3.63, 3.8) is 0 Å². The molecule has 1 saturated heterocycles. The summed E-state index contributed by atoms with van der Waals surface area (Å²) >= 11 is 7.41. The number of allylic oxidation sites excluding steroid dienone is 2. The molecule has 2 aromatic rings. The zero-order valence-electron chi connectivity index (χ0n) is 15.5. The first-order valence-electron chi connectivity index (χ1n) is 9.05. The fourth-order valence-electron chi connectivity index (χ4n) is 3.51. The van der Waals surface area contributed by atoms with Gasteiger partial charge in [0.15, 0.2) is 5.16 Å². The van der Waals surface area contributed by atoms with Gasteiger partial charge in [-0.15, -0.1) is 10.2 Å². The molecule has 0 radical (unpaired) electrons. The molecule has 1 fully saturated rings. The lowest BCUT2D eigenvalue weighted by atomic mass is 9.85. The van der Waals surface area contributed by atoms with E-state index in [1.165, 1.54) is 11.8 Å². The first-order chi connectivity index (χ1) is 13.9. The van der Waals surface area contributed by atoms with Crippen LogP contribution < -0.4 is 5.32 Å². The summed E-state index contributed by atoms with van der Waals surface area (Å²) in [6.07, 6.45) is 6.49. The van der Waals surface area contributed by atoms with E-state index in [0.29, 0.717) is 28.7 Å². The second-order valence-electron chi connectivity index (χ2n) is 6.93. The number of fused-ring (bicyclic) bond motifs is 1. The number of likely N-dealkylation sites (tertiary alicyclic amines) is 1. The van der Waals surface area contributed by atoms with E-state index >= 15 is 0 Å². The monoisotopic (exact) mass is 431 g/mol. The summed E-state index contributed by atoms with van der Waals surface area (Å²) in [4.78, 5) is 39.5. The Bertz CT molecular complexity index is 995. The van der Waals surface area contributed by atoms with Gasteiger partial charge in [-0.05, 0) is 42.8 Å². The number of amides is 3. The lowest BCUT2D eigenvalue weighted by molar-refractivity contribution is -0.142. The molecule has 0 spiro atoms. The van der Waals surface area contributed by atoms with Crippen LogP contribution in [0.5, 0.6) is 0 Å². The Labute approximate surface area is 176 Å². The highest BCUT2D eigenvalue weighted by Gasteiger charge is 2.47. The van der Waals surface area contributed by atoms with Crippen molar-refractivity contribution in [3.8, 4) is 0 Å². The second-order valence-corrected chi connectivity index (χ2v) is 8.38. The maximum absolute atomic E-state index is 12.6. The van der Waals surface area contributed by atoms with Crippen molar-refractivity contribution in [1.29, 1.82) is 0 Å². The van der Waals surface area contributed by atoms with E-state index in [1.54, 1.807) is 29.1 Å². The van der Waals surface area contributed by atoms with Gasteiger partial charge in [-0.3, -0.25) is 19.3 Å². The Hall–Kier alpha value is -2.65. The molecule has 150 valence electrons. The number of carbonyl (C=O) groups is 3. The van der Waals surface area contributed by atoms with Crippen molar-refractivity contribution in [1.82, 2.24) is 19.7 Å². The summed E-state index contributed by atoms with van der Waals surface area (Å²) in [6, 6.07) is 5.10. The molecule has 1 aromatic carbocycles. The molecular formula is C19H18ClN5O3S. The molecule has 29 heavy (non-hydrogen) atoms. The van der Waals surface area contributed by atoms with Gasteiger partial charge in [-0.25, -0.2) is 0 Å². The van der Waals surface area contributed by atoms with E-state index in [4.69, 9.17) is 11.6 Å². The highest BCUT2D eigenvalue weighted by atomic mass is 35.5. The first kappa shape index (κ1) is 19.7. The number of nitrogens with zero attached hydrogens (tertiary/aromatic N) is 4. The number of imide groups is 1. The highest BCUT2D eigenvalue weighted by Crippen LogP contribution is 2.36. The Morgan fingerprint density at radius 1 is 1.24 bits per heavy atom. The molecule has 1 N–H and O–H groups in total. The van der Waals surface area contributed by atoms with E-state index in [0.717, 1.165) is 9.80 Å². The predicted octanol–water partition coefficient (Wildman–Crippen LogP) is 2.51. The molecule has 10 heteroatoms. The molecular weight excluding hydrogens is 414 g/mol. The highest BCUT2D eigenvalue weighted by molar-refractivity contribution is 7.99. The van der Waals surface area contributed by atoms with Gasteiger partial charge < -0.3 is 9.88 Å². The molecule has 0 saturated carbocycles. The van der Waals surface area contributed by atoms with Crippen LogP contribution in [0.25, 0.3) is 0 Å². The lowest BCUT2D eigenvalue weighted by Gasteiger charge is -2.16. The van der Waals surface area contributed by atoms with Gasteiger partial charge in [0, 0.05) is 17.0 Å². The topological polar surface area (TPSA) is 97.2 Å². The van der Waals surface area contributed by atoms with Crippen molar-refractivity contribution in [2.45, 2.75) is 22.9 Å². The first-order valence-corrected chi connectivity index (χ1v) is 10.2. The third-order valence-electron chi connectivity index (χ3n) is 4.99. The third kappa shape index (κ3) is 3.92. The van der Waals surface area contributed by atoms with Crippen LogP contribution in [-0.4, -0.2) is 43.9 Å². The zero-order valence-corrected chi connectivity index (χ0v) is 17.1. The summed E-state index contributed by atoms with van der Waals surface area (Å²) in [7, 11) is 1.81. The van der Waals surface area contributed by atoms with Gasteiger partial charge in [0.25, 0.3) is 0 Å². The summed E-state index contributed by atoms with van der Waals surface area (Å²) in [5.41, 5.74) is 0.480. The molecule has 3 amide bonds. The van der Waals surface area contributed by atoms with Crippen molar-refractivity contribution < 1.29 is 14.4 Å². The van der Waals surface area contributed by atoms with Crippen molar-refractivity contribution in [2.75, 3.05) is 11.9 Å². The Kier molecular flexibility index (Phi) is 5.42. The van der Waals surface area contributed by atoms with Crippen molar-refractivity contribution in [3.05, 3.63) is 41.7 Å². The quantitative estimate of drug-likeness (QED) is 0.577. The Balaban J connectivity index is 1.49. The molecule has 1 aliphatic heterocycles. The van der Waals surface area contributed by atoms with Gasteiger partial charge >= 0.3 is 0 Å². The van der Waals surface area contributed by atoms with Crippen LogP contribution in [0.15, 0.2) is 46.7 Å². The molecule has 0 bridgehead atoms.